The van der Waals surface area contributed by atoms with Crippen LogP contribution in [0.3, 0.4) is 0 Å². The van der Waals surface area contributed by atoms with E-state index in [1.807, 2.05) is 49.4 Å². The van der Waals surface area contributed by atoms with Gasteiger partial charge in [0.05, 0.1) is 17.5 Å². The predicted octanol–water partition coefficient (Wildman–Crippen LogP) is 4.23. The summed E-state index contributed by atoms with van der Waals surface area (Å²) in [6, 6.07) is 17.3. The van der Waals surface area contributed by atoms with Crippen molar-refractivity contribution in [1.82, 2.24) is 25.0 Å². The van der Waals surface area contributed by atoms with Crippen molar-refractivity contribution >= 4 is 34.5 Å². The van der Waals surface area contributed by atoms with Crippen LogP contribution in [-0.4, -0.2) is 42.2 Å². The summed E-state index contributed by atoms with van der Waals surface area (Å²) >= 11 is 0. The normalized spacial score (nSPS) is 11.5. The summed E-state index contributed by atoms with van der Waals surface area (Å²) in [5.41, 5.74) is 5.66. The average molecular weight is 454 g/mol. The summed E-state index contributed by atoms with van der Waals surface area (Å²) in [4.78, 5) is 19.8. The van der Waals surface area contributed by atoms with Gasteiger partial charge in [-0.15, -0.1) is 0 Å². The van der Waals surface area contributed by atoms with Gasteiger partial charge in [-0.1, -0.05) is 18.2 Å². The fourth-order valence-electron chi connectivity index (χ4n) is 3.90. The molecule has 0 aliphatic heterocycles. The van der Waals surface area contributed by atoms with Gasteiger partial charge in [0.2, 0.25) is 0 Å². The van der Waals surface area contributed by atoms with Gasteiger partial charge in [0, 0.05) is 35.9 Å². The Bertz CT molecular complexity index is 1490. The van der Waals surface area contributed by atoms with Crippen molar-refractivity contribution in [1.29, 1.82) is 0 Å². The number of anilines is 1. The lowest BCUT2D eigenvalue weighted by Gasteiger charge is -2.07. The number of carbonyl (C=O) groups excluding carboxylic acids is 1. The standard InChI is InChI=1S/C25H23N7O2/c1-15-11-22(32(2)31-15)25(34)28-18-6-3-16(4-7-18)12-17-5-8-21-19(13-17)20(24(33)29-21)14-26-23-9-10-27-30-23/h3-11,13-14,29,33H,12H2,1-2H3,(H,27,30)(H,28,34). The van der Waals surface area contributed by atoms with Crippen LogP contribution in [0.25, 0.3) is 10.9 Å². The van der Waals surface area contributed by atoms with Crippen molar-refractivity contribution in [2.45, 2.75) is 13.3 Å². The number of benzene rings is 2. The number of aromatic hydroxyl groups is 1. The molecule has 0 fully saturated rings. The first-order valence-electron chi connectivity index (χ1n) is 10.7. The maximum atomic E-state index is 12.5. The lowest BCUT2D eigenvalue weighted by atomic mass is 10.0. The fourth-order valence-corrected chi connectivity index (χ4v) is 3.90. The van der Waals surface area contributed by atoms with E-state index in [4.69, 9.17) is 0 Å². The van der Waals surface area contributed by atoms with Crippen molar-refractivity contribution in [3.05, 3.63) is 88.9 Å². The quantitative estimate of drug-likeness (QED) is 0.287. The van der Waals surface area contributed by atoms with E-state index in [1.54, 1.807) is 36.3 Å². The van der Waals surface area contributed by atoms with Gasteiger partial charge in [0.15, 0.2) is 5.88 Å². The molecule has 0 spiro atoms. The molecule has 1 amide bonds. The number of amides is 1. The average Bonchev–Trinajstić information content (AvgIpc) is 3.52. The zero-order valence-electron chi connectivity index (χ0n) is 18.7. The van der Waals surface area contributed by atoms with E-state index in [-0.39, 0.29) is 11.8 Å². The molecule has 0 radical (unpaired) electrons. The Hall–Kier alpha value is -4.66. The van der Waals surface area contributed by atoms with Crippen LogP contribution in [0.2, 0.25) is 0 Å². The number of H-pyrrole nitrogens is 2. The minimum atomic E-state index is -0.196. The maximum absolute atomic E-state index is 12.5. The topological polar surface area (TPSA) is 124 Å². The molecule has 0 aliphatic rings. The number of aliphatic imine (C=N–C) groups is 1. The van der Waals surface area contributed by atoms with Crippen LogP contribution in [-0.2, 0) is 13.5 Å². The zero-order chi connectivity index (χ0) is 23.7. The van der Waals surface area contributed by atoms with Gasteiger partial charge in [-0.05, 0) is 54.8 Å². The van der Waals surface area contributed by atoms with Gasteiger partial charge >= 0.3 is 0 Å². The zero-order valence-corrected chi connectivity index (χ0v) is 18.7. The highest BCUT2D eigenvalue weighted by molar-refractivity contribution is 6.03. The molecule has 0 atom stereocenters. The Morgan fingerprint density at radius 3 is 2.65 bits per heavy atom. The van der Waals surface area contributed by atoms with E-state index in [9.17, 15) is 9.90 Å². The molecule has 3 aromatic heterocycles. The number of aromatic amines is 2. The van der Waals surface area contributed by atoms with Crippen LogP contribution < -0.4 is 5.32 Å². The van der Waals surface area contributed by atoms with Gasteiger partial charge in [0.1, 0.15) is 11.5 Å². The van der Waals surface area contributed by atoms with Crippen molar-refractivity contribution in [2.75, 3.05) is 5.32 Å². The molecule has 0 saturated carbocycles. The third-order valence-electron chi connectivity index (χ3n) is 5.56. The number of aryl methyl sites for hydroxylation is 2. The smallest absolute Gasteiger partial charge is 0.273 e. The number of nitrogens with one attached hydrogen (secondary N) is 3. The van der Waals surface area contributed by atoms with Crippen molar-refractivity contribution in [3.63, 3.8) is 0 Å². The third kappa shape index (κ3) is 4.31. The largest absolute Gasteiger partial charge is 0.494 e. The SMILES string of the molecule is Cc1cc(C(=O)Nc2ccc(Cc3ccc4[nH]c(O)c(C=Nc5ccn[nH]5)c4c3)cc2)n(C)n1. The predicted molar refractivity (Wildman–Crippen MR) is 131 cm³/mol. The highest BCUT2D eigenvalue weighted by Crippen LogP contribution is 2.28. The molecular formula is C25H23N7O2. The number of rotatable bonds is 6. The Morgan fingerprint density at radius 1 is 1.15 bits per heavy atom. The molecule has 0 aliphatic carbocycles. The lowest BCUT2D eigenvalue weighted by molar-refractivity contribution is 0.101. The summed E-state index contributed by atoms with van der Waals surface area (Å²) < 4.78 is 1.57. The van der Waals surface area contributed by atoms with Crippen LogP contribution in [0.1, 0.15) is 32.9 Å². The first-order valence-corrected chi connectivity index (χ1v) is 10.7. The monoisotopic (exact) mass is 453 g/mol. The number of nitrogens with zero attached hydrogens (tertiary/aromatic N) is 4. The van der Waals surface area contributed by atoms with E-state index in [0.29, 0.717) is 23.5 Å². The van der Waals surface area contributed by atoms with Gasteiger partial charge < -0.3 is 15.4 Å². The van der Waals surface area contributed by atoms with E-state index >= 15 is 0 Å². The van der Waals surface area contributed by atoms with Crippen molar-refractivity contribution in [3.8, 4) is 5.88 Å². The van der Waals surface area contributed by atoms with Crippen LogP contribution in [0.15, 0.2) is 65.8 Å². The number of hydrogen-bond acceptors (Lipinski definition) is 5. The second-order valence-electron chi connectivity index (χ2n) is 8.09. The Balaban J connectivity index is 1.32. The Morgan fingerprint density at radius 2 is 1.94 bits per heavy atom. The molecule has 3 heterocycles. The molecule has 2 aromatic carbocycles. The summed E-state index contributed by atoms with van der Waals surface area (Å²) in [6.45, 7) is 1.85. The maximum Gasteiger partial charge on any atom is 0.273 e. The molecule has 4 N–H and O–H groups in total. The second kappa shape index (κ2) is 8.70. The van der Waals surface area contributed by atoms with Crippen LogP contribution >= 0.6 is 0 Å². The van der Waals surface area contributed by atoms with Crippen LogP contribution in [0, 0.1) is 6.92 Å². The van der Waals surface area contributed by atoms with Gasteiger partial charge in [-0.3, -0.25) is 14.6 Å². The van der Waals surface area contributed by atoms with E-state index in [1.165, 1.54) is 0 Å². The highest BCUT2D eigenvalue weighted by atomic mass is 16.3. The number of carbonyl (C=O) groups is 1. The third-order valence-corrected chi connectivity index (χ3v) is 5.56. The number of hydrogen-bond donors (Lipinski definition) is 4. The number of aromatic nitrogens is 5. The van der Waals surface area contributed by atoms with Crippen molar-refractivity contribution < 1.29 is 9.90 Å². The minimum Gasteiger partial charge on any atom is -0.494 e. The molecule has 5 rings (SSSR count). The summed E-state index contributed by atoms with van der Waals surface area (Å²) in [7, 11) is 1.75. The molecule has 9 nitrogen and oxygen atoms in total. The number of fused-ring (bicyclic) bond motifs is 1. The fraction of sp³-hybridized carbons (Fsp3) is 0.120. The summed E-state index contributed by atoms with van der Waals surface area (Å²) in [6.07, 6.45) is 3.94. The minimum absolute atomic E-state index is 0.0686. The molecule has 9 heteroatoms. The highest BCUT2D eigenvalue weighted by Gasteiger charge is 2.13. The van der Waals surface area contributed by atoms with Crippen LogP contribution in [0.5, 0.6) is 5.88 Å². The van der Waals surface area contributed by atoms with E-state index in [0.717, 1.165) is 33.4 Å². The van der Waals surface area contributed by atoms with Gasteiger partial charge in [0.25, 0.3) is 5.91 Å². The van der Waals surface area contributed by atoms with Gasteiger partial charge in [-0.2, -0.15) is 10.2 Å². The van der Waals surface area contributed by atoms with Crippen molar-refractivity contribution in [2.24, 2.45) is 12.0 Å². The summed E-state index contributed by atoms with van der Waals surface area (Å²) in [5.74, 6) is 0.479. The van der Waals surface area contributed by atoms with Crippen LogP contribution in [0.4, 0.5) is 11.5 Å². The first-order chi connectivity index (χ1) is 16.5. The lowest BCUT2D eigenvalue weighted by Crippen LogP contribution is -2.16. The van der Waals surface area contributed by atoms with E-state index < -0.39 is 0 Å². The molecule has 0 bridgehead atoms. The van der Waals surface area contributed by atoms with Gasteiger partial charge in [-0.25, -0.2) is 4.99 Å². The second-order valence-corrected chi connectivity index (χ2v) is 8.09. The Labute approximate surface area is 195 Å². The molecule has 0 unspecified atom stereocenters. The molecule has 0 saturated heterocycles. The Kier molecular flexibility index (Phi) is 5.43. The molecule has 34 heavy (non-hydrogen) atoms. The molecular weight excluding hydrogens is 430 g/mol. The van der Waals surface area contributed by atoms with E-state index in [2.05, 4.69) is 30.6 Å². The molecule has 5 aromatic rings. The summed E-state index contributed by atoms with van der Waals surface area (Å²) in [5, 5.41) is 25.0. The first kappa shape index (κ1) is 21.2. The molecule has 170 valence electrons.